The average Bonchev–Trinajstić information content (AvgIpc) is 2.47. The summed E-state index contributed by atoms with van der Waals surface area (Å²) in [6, 6.07) is 4.65. The Balaban J connectivity index is 0.00000242. The van der Waals surface area contributed by atoms with Crippen molar-refractivity contribution < 1.29 is 22.0 Å². The molecule has 0 aromatic heterocycles. The molecule has 1 unspecified atom stereocenters. The predicted octanol–water partition coefficient (Wildman–Crippen LogP) is 1.54. The van der Waals surface area contributed by atoms with Crippen LogP contribution in [0.1, 0.15) is 17.3 Å². The van der Waals surface area contributed by atoms with Gasteiger partial charge in [-0.2, -0.15) is 8.78 Å². The standard InChI is InChI=1S/C13H16F2N2O3S.ClH/c1-9-8-16-6-7-17(9)12(18)10-2-4-11(5-3-10)21(19,20)13(14)15;/h2-5,9,13,16H,6-8H2,1H3;1H. The van der Waals surface area contributed by atoms with E-state index in [1.54, 1.807) is 4.90 Å². The highest BCUT2D eigenvalue weighted by Gasteiger charge is 2.28. The first-order chi connectivity index (χ1) is 9.84. The van der Waals surface area contributed by atoms with Gasteiger partial charge in [-0.1, -0.05) is 0 Å². The lowest BCUT2D eigenvalue weighted by atomic mass is 10.1. The molecule has 0 radical (unpaired) electrons. The van der Waals surface area contributed by atoms with Crippen LogP contribution in [0.25, 0.3) is 0 Å². The summed E-state index contributed by atoms with van der Waals surface area (Å²) in [5.74, 6) is -3.70. The van der Waals surface area contributed by atoms with Gasteiger partial charge in [-0.15, -0.1) is 12.4 Å². The maximum Gasteiger partial charge on any atom is 0.341 e. The van der Waals surface area contributed by atoms with Crippen molar-refractivity contribution >= 4 is 28.2 Å². The summed E-state index contributed by atoms with van der Waals surface area (Å²) in [5, 5.41) is 3.16. The Hall–Kier alpha value is -1.25. The lowest BCUT2D eigenvalue weighted by Gasteiger charge is -2.34. The Morgan fingerprint density at radius 1 is 1.32 bits per heavy atom. The first-order valence-corrected chi connectivity index (χ1v) is 8.02. The van der Waals surface area contributed by atoms with E-state index in [9.17, 15) is 22.0 Å². The van der Waals surface area contributed by atoms with Crippen LogP contribution in [0, 0.1) is 0 Å². The molecule has 1 amide bonds. The van der Waals surface area contributed by atoms with E-state index < -0.39 is 20.5 Å². The van der Waals surface area contributed by atoms with Gasteiger partial charge < -0.3 is 10.2 Å². The Kier molecular flexibility index (Phi) is 6.27. The van der Waals surface area contributed by atoms with Crippen LogP contribution in [-0.4, -0.2) is 50.7 Å². The summed E-state index contributed by atoms with van der Waals surface area (Å²) in [5.41, 5.74) is 0.289. The lowest BCUT2D eigenvalue weighted by molar-refractivity contribution is 0.0655. The zero-order valence-electron chi connectivity index (χ0n) is 11.8. The summed E-state index contributed by atoms with van der Waals surface area (Å²) in [7, 11) is -4.62. The summed E-state index contributed by atoms with van der Waals surface area (Å²) < 4.78 is 47.5. The number of piperazine rings is 1. The third-order valence-electron chi connectivity index (χ3n) is 3.43. The third kappa shape index (κ3) is 3.74. The van der Waals surface area contributed by atoms with Crippen molar-refractivity contribution in [3.8, 4) is 0 Å². The van der Waals surface area contributed by atoms with Crippen LogP contribution in [0.15, 0.2) is 29.2 Å². The molecule has 0 aliphatic carbocycles. The molecule has 1 N–H and O–H groups in total. The van der Waals surface area contributed by atoms with E-state index in [2.05, 4.69) is 5.32 Å². The summed E-state index contributed by atoms with van der Waals surface area (Å²) >= 11 is 0. The first-order valence-electron chi connectivity index (χ1n) is 6.48. The fourth-order valence-corrected chi connectivity index (χ4v) is 2.92. The molecular formula is C13H17ClF2N2O3S. The molecule has 0 bridgehead atoms. The van der Waals surface area contributed by atoms with Crippen LogP contribution in [0.3, 0.4) is 0 Å². The van der Waals surface area contributed by atoms with Gasteiger partial charge in [0.1, 0.15) is 0 Å². The van der Waals surface area contributed by atoms with Crippen LogP contribution >= 0.6 is 12.4 Å². The van der Waals surface area contributed by atoms with Gasteiger partial charge >= 0.3 is 5.76 Å². The first kappa shape index (κ1) is 18.8. The van der Waals surface area contributed by atoms with Crippen molar-refractivity contribution in [2.24, 2.45) is 0 Å². The number of rotatable bonds is 3. The number of alkyl halides is 2. The zero-order chi connectivity index (χ0) is 15.6. The van der Waals surface area contributed by atoms with Crippen LogP contribution in [0.4, 0.5) is 8.78 Å². The number of amides is 1. The number of halogens is 3. The van der Waals surface area contributed by atoms with Gasteiger partial charge in [-0.25, -0.2) is 8.42 Å². The van der Waals surface area contributed by atoms with E-state index >= 15 is 0 Å². The van der Waals surface area contributed by atoms with Crippen molar-refractivity contribution in [1.82, 2.24) is 10.2 Å². The molecule has 5 nitrogen and oxygen atoms in total. The molecule has 1 atom stereocenters. The molecule has 0 saturated carbocycles. The van der Waals surface area contributed by atoms with Crippen molar-refractivity contribution in [3.63, 3.8) is 0 Å². The molecule has 1 fully saturated rings. The van der Waals surface area contributed by atoms with E-state index in [4.69, 9.17) is 0 Å². The van der Waals surface area contributed by atoms with Crippen LogP contribution in [-0.2, 0) is 9.84 Å². The smallest absolute Gasteiger partial charge is 0.333 e. The Morgan fingerprint density at radius 2 is 1.91 bits per heavy atom. The summed E-state index contributed by atoms with van der Waals surface area (Å²) in [6.45, 7) is 3.83. The molecule has 1 aromatic carbocycles. The highest BCUT2D eigenvalue weighted by atomic mass is 35.5. The fourth-order valence-electron chi connectivity index (χ4n) is 2.20. The lowest BCUT2D eigenvalue weighted by Crippen LogP contribution is -2.52. The highest BCUT2D eigenvalue weighted by Crippen LogP contribution is 2.19. The van der Waals surface area contributed by atoms with Gasteiger partial charge in [0.25, 0.3) is 5.91 Å². The maximum atomic E-state index is 12.4. The number of sulfone groups is 1. The third-order valence-corrected chi connectivity index (χ3v) is 4.82. The molecule has 22 heavy (non-hydrogen) atoms. The number of hydrogen-bond donors (Lipinski definition) is 1. The van der Waals surface area contributed by atoms with Crippen molar-refractivity contribution in [2.45, 2.75) is 23.6 Å². The largest absolute Gasteiger partial charge is 0.341 e. The van der Waals surface area contributed by atoms with E-state index in [0.717, 1.165) is 12.1 Å². The Morgan fingerprint density at radius 3 is 2.41 bits per heavy atom. The van der Waals surface area contributed by atoms with Gasteiger partial charge in [0, 0.05) is 31.2 Å². The van der Waals surface area contributed by atoms with Gasteiger partial charge in [0.05, 0.1) is 4.90 Å². The van der Waals surface area contributed by atoms with Crippen LogP contribution in [0.2, 0.25) is 0 Å². The molecule has 1 aromatic rings. The number of nitrogens with zero attached hydrogens (tertiary/aromatic N) is 1. The van der Waals surface area contributed by atoms with Gasteiger partial charge in [-0.05, 0) is 31.2 Å². The SMILES string of the molecule is CC1CNCCN1C(=O)c1ccc(S(=O)(=O)C(F)F)cc1.Cl. The number of carbonyl (C=O) groups excluding carboxylic acids is 1. The number of carbonyl (C=O) groups is 1. The second kappa shape index (κ2) is 7.34. The minimum atomic E-state index is -4.62. The van der Waals surface area contributed by atoms with Crippen LogP contribution < -0.4 is 5.32 Å². The second-order valence-electron chi connectivity index (χ2n) is 4.88. The molecule has 9 heteroatoms. The van der Waals surface area contributed by atoms with Crippen molar-refractivity contribution in [1.29, 1.82) is 0 Å². The normalized spacial score (nSPS) is 18.9. The molecular weight excluding hydrogens is 338 g/mol. The van der Waals surface area contributed by atoms with Crippen molar-refractivity contribution in [2.75, 3.05) is 19.6 Å². The van der Waals surface area contributed by atoms with E-state index in [0.29, 0.717) is 19.6 Å². The molecule has 1 saturated heterocycles. The minimum absolute atomic E-state index is 0. The fraction of sp³-hybridized carbons (Fsp3) is 0.462. The van der Waals surface area contributed by atoms with E-state index in [-0.39, 0.29) is 29.9 Å². The minimum Gasteiger partial charge on any atom is -0.333 e. The Labute approximate surface area is 134 Å². The van der Waals surface area contributed by atoms with Crippen molar-refractivity contribution in [3.05, 3.63) is 29.8 Å². The zero-order valence-corrected chi connectivity index (χ0v) is 13.5. The molecule has 1 aliphatic heterocycles. The van der Waals surface area contributed by atoms with E-state index in [1.807, 2.05) is 6.92 Å². The molecule has 2 rings (SSSR count). The second-order valence-corrected chi connectivity index (χ2v) is 6.80. The summed E-state index contributed by atoms with van der Waals surface area (Å²) in [6.07, 6.45) is 0. The highest BCUT2D eigenvalue weighted by molar-refractivity contribution is 7.91. The molecule has 1 heterocycles. The van der Waals surface area contributed by atoms with E-state index in [1.165, 1.54) is 12.1 Å². The number of hydrogen-bond acceptors (Lipinski definition) is 4. The molecule has 124 valence electrons. The maximum absolute atomic E-state index is 12.4. The molecule has 0 spiro atoms. The van der Waals surface area contributed by atoms with Gasteiger partial charge in [-0.3, -0.25) is 4.79 Å². The topological polar surface area (TPSA) is 66.5 Å². The monoisotopic (exact) mass is 354 g/mol. The number of benzene rings is 1. The van der Waals surface area contributed by atoms with Crippen LogP contribution in [0.5, 0.6) is 0 Å². The molecule has 1 aliphatic rings. The predicted molar refractivity (Wildman–Crippen MR) is 80.2 cm³/mol. The Bertz CT molecular complexity index is 623. The number of nitrogens with one attached hydrogen (secondary N) is 1. The quantitative estimate of drug-likeness (QED) is 0.894. The average molecular weight is 355 g/mol. The van der Waals surface area contributed by atoms with Gasteiger partial charge in [0.15, 0.2) is 0 Å². The summed E-state index contributed by atoms with van der Waals surface area (Å²) in [4.78, 5) is 13.5. The van der Waals surface area contributed by atoms with Gasteiger partial charge in [0.2, 0.25) is 9.84 Å².